The van der Waals surface area contributed by atoms with E-state index in [0.29, 0.717) is 0 Å². The molecule has 0 spiro atoms. The number of hydrogen-bond donors (Lipinski definition) is 4. The van der Waals surface area contributed by atoms with Crippen LogP contribution in [0.1, 0.15) is 17.5 Å². The SMILES string of the molecule is NC(=O)[C@H](Cc1ccccc1Br)NC(=O)C[C@@H](O)CNC(=O)OCc1ccccc1. The van der Waals surface area contributed by atoms with Crippen LogP contribution in [0.2, 0.25) is 0 Å². The fourth-order valence-electron chi connectivity index (χ4n) is 2.62. The van der Waals surface area contributed by atoms with E-state index in [0.717, 1.165) is 15.6 Å². The summed E-state index contributed by atoms with van der Waals surface area (Å²) in [4.78, 5) is 35.6. The molecule has 0 heterocycles. The maximum absolute atomic E-state index is 12.2. The third-order valence-electron chi connectivity index (χ3n) is 4.18. The summed E-state index contributed by atoms with van der Waals surface area (Å²) in [6.45, 7) is -0.0783. The Kier molecular flexibility index (Phi) is 9.30. The van der Waals surface area contributed by atoms with Crippen molar-refractivity contribution in [2.45, 2.75) is 31.6 Å². The smallest absolute Gasteiger partial charge is 0.407 e. The zero-order chi connectivity index (χ0) is 21.9. The molecule has 30 heavy (non-hydrogen) atoms. The number of hydrogen-bond acceptors (Lipinski definition) is 5. The number of aliphatic hydroxyl groups is 1. The second kappa shape index (κ2) is 11.9. The van der Waals surface area contributed by atoms with Crippen molar-refractivity contribution in [3.8, 4) is 0 Å². The molecule has 0 saturated carbocycles. The lowest BCUT2D eigenvalue weighted by Gasteiger charge is -2.18. The van der Waals surface area contributed by atoms with Crippen molar-refractivity contribution < 1.29 is 24.2 Å². The Bertz CT molecular complexity index is 863. The molecule has 160 valence electrons. The Hall–Kier alpha value is -2.91. The molecule has 2 rings (SSSR count). The normalized spacial score (nSPS) is 12.5. The molecule has 2 atom stereocenters. The van der Waals surface area contributed by atoms with Gasteiger partial charge in [0.15, 0.2) is 0 Å². The Labute approximate surface area is 182 Å². The second-order valence-electron chi connectivity index (χ2n) is 6.62. The predicted octanol–water partition coefficient (Wildman–Crippen LogP) is 1.64. The summed E-state index contributed by atoms with van der Waals surface area (Å²) in [5.74, 6) is -1.24. The first-order valence-corrected chi connectivity index (χ1v) is 10.1. The van der Waals surface area contributed by atoms with Gasteiger partial charge in [0.2, 0.25) is 11.8 Å². The average molecular weight is 478 g/mol. The summed E-state index contributed by atoms with van der Waals surface area (Å²) in [5, 5.41) is 14.9. The van der Waals surface area contributed by atoms with Crippen molar-refractivity contribution >= 4 is 33.8 Å². The average Bonchev–Trinajstić information content (AvgIpc) is 2.72. The monoisotopic (exact) mass is 477 g/mol. The van der Waals surface area contributed by atoms with Gasteiger partial charge in [0.05, 0.1) is 12.5 Å². The van der Waals surface area contributed by atoms with E-state index < -0.39 is 30.1 Å². The third-order valence-corrected chi connectivity index (χ3v) is 4.95. The number of benzene rings is 2. The van der Waals surface area contributed by atoms with Crippen molar-refractivity contribution in [2.75, 3.05) is 6.54 Å². The van der Waals surface area contributed by atoms with Crippen LogP contribution in [0.15, 0.2) is 59.1 Å². The van der Waals surface area contributed by atoms with Gasteiger partial charge in [0.25, 0.3) is 0 Å². The Balaban J connectivity index is 1.74. The van der Waals surface area contributed by atoms with Gasteiger partial charge in [0, 0.05) is 17.4 Å². The molecule has 0 radical (unpaired) electrons. The van der Waals surface area contributed by atoms with Crippen molar-refractivity contribution in [3.05, 3.63) is 70.2 Å². The van der Waals surface area contributed by atoms with Gasteiger partial charge in [-0.15, -0.1) is 0 Å². The van der Waals surface area contributed by atoms with Gasteiger partial charge in [-0.1, -0.05) is 64.5 Å². The number of primary amides is 1. The van der Waals surface area contributed by atoms with Crippen LogP contribution in [-0.4, -0.2) is 41.7 Å². The fraction of sp³-hybridized carbons (Fsp3) is 0.286. The van der Waals surface area contributed by atoms with E-state index in [1.54, 1.807) is 0 Å². The molecule has 0 aliphatic rings. The third kappa shape index (κ3) is 8.22. The van der Waals surface area contributed by atoms with Crippen molar-refractivity contribution in [2.24, 2.45) is 5.73 Å². The van der Waals surface area contributed by atoms with Crippen LogP contribution in [0.3, 0.4) is 0 Å². The summed E-state index contributed by atoms with van der Waals surface area (Å²) in [6.07, 6.45) is -1.95. The lowest BCUT2D eigenvalue weighted by Crippen LogP contribution is -2.47. The molecular formula is C21H24BrN3O5. The highest BCUT2D eigenvalue weighted by molar-refractivity contribution is 9.10. The topological polar surface area (TPSA) is 131 Å². The molecule has 0 saturated heterocycles. The van der Waals surface area contributed by atoms with Gasteiger partial charge in [-0.3, -0.25) is 9.59 Å². The Morgan fingerprint density at radius 2 is 1.73 bits per heavy atom. The van der Waals surface area contributed by atoms with Crippen LogP contribution in [0.5, 0.6) is 0 Å². The van der Waals surface area contributed by atoms with Gasteiger partial charge < -0.3 is 26.2 Å². The number of nitrogens with two attached hydrogens (primary N) is 1. The van der Waals surface area contributed by atoms with Gasteiger partial charge in [0.1, 0.15) is 12.6 Å². The summed E-state index contributed by atoms with van der Waals surface area (Å²) in [7, 11) is 0. The molecule has 2 aromatic carbocycles. The number of amides is 3. The number of halogens is 1. The highest BCUT2D eigenvalue weighted by Gasteiger charge is 2.21. The van der Waals surface area contributed by atoms with Gasteiger partial charge >= 0.3 is 6.09 Å². The summed E-state index contributed by atoms with van der Waals surface area (Å²) >= 11 is 3.39. The van der Waals surface area contributed by atoms with Crippen molar-refractivity contribution in [1.82, 2.24) is 10.6 Å². The highest BCUT2D eigenvalue weighted by Crippen LogP contribution is 2.17. The minimum Gasteiger partial charge on any atom is -0.445 e. The molecule has 0 aliphatic heterocycles. The molecule has 5 N–H and O–H groups in total. The summed E-state index contributed by atoms with van der Waals surface area (Å²) < 4.78 is 5.82. The second-order valence-corrected chi connectivity index (χ2v) is 7.47. The molecular weight excluding hydrogens is 454 g/mol. The number of nitrogens with one attached hydrogen (secondary N) is 2. The maximum atomic E-state index is 12.2. The van der Waals surface area contributed by atoms with Crippen LogP contribution in [0, 0.1) is 0 Å². The molecule has 0 unspecified atom stereocenters. The van der Waals surface area contributed by atoms with Crippen LogP contribution < -0.4 is 16.4 Å². The first-order chi connectivity index (χ1) is 14.3. The number of carbonyl (C=O) groups excluding carboxylic acids is 3. The molecule has 3 amide bonds. The molecule has 2 aromatic rings. The Morgan fingerprint density at radius 3 is 2.40 bits per heavy atom. The van der Waals surface area contributed by atoms with E-state index in [-0.39, 0.29) is 26.0 Å². The maximum Gasteiger partial charge on any atom is 0.407 e. The minimum atomic E-state index is -1.15. The van der Waals surface area contributed by atoms with Crippen LogP contribution in [0.25, 0.3) is 0 Å². The molecule has 8 nitrogen and oxygen atoms in total. The van der Waals surface area contributed by atoms with E-state index in [1.807, 2.05) is 54.6 Å². The number of rotatable bonds is 10. The van der Waals surface area contributed by atoms with Crippen molar-refractivity contribution in [3.63, 3.8) is 0 Å². The molecule has 0 aliphatic carbocycles. The molecule has 9 heteroatoms. The van der Waals surface area contributed by atoms with E-state index in [2.05, 4.69) is 26.6 Å². The molecule has 0 aromatic heterocycles. The standard InChI is InChI=1S/C21H24BrN3O5/c22-17-9-5-4-8-15(17)10-18(20(23)28)25-19(27)11-16(26)12-24-21(29)30-13-14-6-2-1-3-7-14/h1-9,16,18,26H,10-13H2,(H2,23,28)(H,24,29)(H,25,27)/t16-,18+/m1/s1. The predicted molar refractivity (Wildman–Crippen MR) is 114 cm³/mol. The van der Waals surface area contributed by atoms with Crippen molar-refractivity contribution in [1.29, 1.82) is 0 Å². The van der Waals surface area contributed by atoms with E-state index in [4.69, 9.17) is 10.5 Å². The quantitative estimate of drug-likeness (QED) is 0.413. The number of alkyl carbamates (subject to hydrolysis) is 1. The van der Waals surface area contributed by atoms with E-state index in [9.17, 15) is 19.5 Å². The number of carbonyl (C=O) groups is 3. The molecule has 0 bridgehead atoms. The lowest BCUT2D eigenvalue weighted by molar-refractivity contribution is -0.128. The van der Waals surface area contributed by atoms with E-state index in [1.165, 1.54) is 0 Å². The fourth-order valence-corrected chi connectivity index (χ4v) is 3.07. The Morgan fingerprint density at radius 1 is 1.07 bits per heavy atom. The minimum absolute atomic E-state index is 0.0958. The van der Waals surface area contributed by atoms with Crippen LogP contribution in [0.4, 0.5) is 4.79 Å². The molecule has 0 fully saturated rings. The van der Waals surface area contributed by atoms with Crippen LogP contribution >= 0.6 is 15.9 Å². The summed E-state index contributed by atoms with van der Waals surface area (Å²) in [5.41, 5.74) is 7.03. The van der Waals surface area contributed by atoms with Gasteiger partial charge in [-0.2, -0.15) is 0 Å². The zero-order valence-corrected chi connectivity index (χ0v) is 17.8. The number of ether oxygens (including phenoxy) is 1. The van der Waals surface area contributed by atoms with Gasteiger partial charge in [-0.05, 0) is 17.2 Å². The lowest BCUT2D eigenvalue weighted by atomic mass is 10.1. The first kappa shape index (κ1) is 23.4. The number of aliphatic hydroxyl groups excluding tert-OH is 1. The first-order valence-electron chi connectivity index (χ1n) is 9.30. The largest absolute Gasteiger partial charge is 0.445 e. The zero-order valence-electron chi connectivity index (χ0n) is 16.2. The van der Waals surface area contributed by atoms with Gasteiger partial charge in [-0.25, -0.2) is 4.79 Å². The summed E-state index contributed by atoms with van der Waals surface area (Å²) in [6, 6.07) is 15.5. The van der Waals surface area contributed by atoms with Crippen LogP contribution in [-0.2, 0) is 27.4 Å². The van der Waals surface area contributed by atoms with E-state index >= 15 is 0 Å². The highest BCUT2D eigenvalue weighted by atomic mass is 79.9.